The topological polar surface area (TPSA) is 86.9 Å². The fraction of sp³-hybridized carbons (Fsp3) is 0.400. The molecular formula is C25H30N4O2. The summed E-state index contributed by atoms with van der Waals surface area (Å²) >= 11 is 0. The minimum atomic E-state index is -0.599. The van der Waals surface area contributed by atoms with Gasteiger partial charge in [-0.05, 0) is 54.5 Å². The highest BCUT2D eigenvalue weighted by molar-refractivity contribution is 5.97. The summed E-state index contributed by atoms with van der Waals surface area (Å²) in [5.41, 5.74) is 3.97. The minimum Gasteiger partial charge on any atom is -0.345 e. The number of hydrogen-bond acceptors (Lipinski definition) is 3. The molecule has 6 nitrogen and oxygen atoms in total. The van der Waals surface area contributed by atoms with Crippen LogP contribution >= 0.6 is 0 Å². The molecule has 2 amide bonds. The predicted octanol–water partition coefficient (Wildman–Crippen LogP) is 4.50. The summed E-state index contributed by atoms with van der Waals surface area (Å²) in [5.74, 6) is 1.17. The lowest BCUT2D eigenvalue weighted by Gasteiger charge is -2.19. The first-order valence-corrected chi connectivity index (χ1v) is 10.9. The predicted molar refractivity (Wildman–Crippen MR) is 123 cm³/mol. The monoisotopic (exact) mass is 418 g/mol. The van der Waals surface area contributed by atoms with Crippen molar-refractivity contribution < 1.29 is 9.59 Å². The Kier molecular flexibility index (Phi) is 5.56. The van der Waals surface area contributed by atoms with Gasteiger partial charge in [0.2, 0.25) is 11.8 Å². The Balaban J connectivity index is 1.26. The third kappa shape index (κ3) is 4.95. The largest absolute Gasteiger partial charge is 0.345 e. The molecule has 3 N–H and O–H groups in total. The zero-order chi connectivity index (χ0) is 22.2. The summed E-state index contributed by atoms with van der Waals surface area (Å²) < 4.78 is 0. The molecule has 1 fully saturated rings. The van der Waals surface area contributed by atoms with Gasteiger partial charge in [0, 0.05) is 18.0 Å². The highest BCUT2D eigenvalue weighted by Gasteiger charge is 2.42. The van der Waals surface area contributed by atoms with Gasteiger partial charge in [0.25, 0.3) is 0 Å². The second-order valence-corrected chi connectivity index (χ2v) is 9.55. The Labute approximate surface area is 182 Å². The van der Waals surface area contributed by atoms with Gasteiger partial charge in [-0.1, -0.05) is 45.0 Å². The average Bonchev–Trinajstić information content (AvgIpc) is 3.33. The fourth-order valence-corrected chi connectivity index (χ4v) is 3.86. The van der Waals surface area contributed by atoms with Crippen molar-refractivity contribution in [3.8, 4) is 0 Å². The number of nitrogens with one attached hydrogen (secondary N) is 3. The van der Waals surface area contributed by atoms with E-state index in [0.29, 0.717) is 6.42 Å². The number of imidazole rings is 1. The number of rotatable bonds is 6. The van der Waals surface area contributed by atoms with E-state index in [1.807, 2.05) is 48.5 Å². The number of benzene rings is 2. The molecule has 4 rings (SSSR count). The maximum absolute atomic E-state index is 12.5. The number of aromatic amines is 1. The van der Waals surface area contributed by atoms with Crippen LogP contribution < -0.4 is 10.6 Å². The van der Waals surface area contributed by atoms with E-state index >= 15 is 0 Å². The van der Waals surface area contributed by atoms with E-state index in [1.54, 1.807) is 6.92 Å². The van der Waals surface area contributed by atoms with Crippen LogP contribution in [0, 0.1) is 5.92 Å². The Morgan fingerprint density at radius 2 is 1.84 bits per heavy atom. The van der Waals surface area contributed by atoms with Gasteiger partial charge >= 0.3 is 0 Å². The zero-order valence-electron chi connectivity index (χ0n) is 18.5. The molecule has 0 unspecified atom stereocenters. The molecule has 0 radical (unpaired) electrons. The van der Waals surface area contributed by atoms with Crippen molar-refractivity contribution in [3.63, 3.8) is 0 Å². The number of amides is 2. The number of aromatic nitrogens is 2. The first-order valence-electron chi connectivity index (χ1n) is 10.9. The van der Waals surface area contributed by atoms with Crippen LogP contribution in [0.3, 0.4) is 0 Å². The van der Waals surface area contributed by atoms with Gasteiger partial charge in [-0.2, -0.15) is 0 Å². The third-order valence-electron chi connectivity index (χ3n) is 5.92. The quantitative estimate of drug-likeness (QED) is 0.551. The standard InChI is InChI=1S/C25H30N4O2/c1-15(24(31)27-18-11-9-17(10-12-18)25(2,3)4)26-22(30)14-16-13-19(16)23-28-20-7-5-6-8-21(20)29-23/h5-12,15-16,19H,13-14H2,1-4H3,(H,26,30)(H,27,31)(H,28,29)/t15-,16-,19-/m0/s1. The van der Waals surface area contributed by atoms with E-state index in [2.05, 4.69) is 41.4 Å². The van der Waals surface area contributed by atoms with E-state index in [-0.39, 0.29) is 29.1 Å². The number of hydrogen-bond donors (Lipinski definition) is 3. The maximum Gasteiger partial charge on any atom is 0.246 e. The second kappa shape index (κ2) is 8.17. The molecular weight excluding hydrogens is 388 g/mol. The van der Waals surface area contributed by atoms with Crippen LogP contribution in [-0.4, -0.2) is 27.8 Å². The lowest BCUT2D eigenvalue weighted by molar-refractivity contribution is -0.126. The maximum atomic E-state index is 12.5. The molecule has 6 heteroatoms. The lowest BCUT2D eigenvalue weighted by Crippen LogP contribution is -2.41. The van der Waals surface area contributed by atoms with Gasteiger partial charge in [-0.3, -0.25) is 9.59 Å². The van der Waals surface area contributed by atoms with Crippen LogP contribution in [-0.2, 0) is 15.0 Å². The van der Waals surface area contributed by atoms with Crippen molar-refractivity contribution >= 4 is 28.5 Å². The van der Waals surface area contributed by atoms with Crippen molar-refractivity contribution in [1.82, 2.24) is 15.3 Å². The summed E-state index contributed by atoms with van der Waals surface area (Å²) in [7, 11) is 0. The van der Waals surface area contributed by atoms with Crippen molar-refractivity contribution in [2.75, 3.05) is 5.32 Å². The van der Waals surface area contributed by atoms with Crippen LogP contribution in [0.2, 0.25) is 0 Å². The molecule has 0 aliphatic heterocycles. The molecule has 0 bridgehead atoms. The van der Waals surface area contributed by atoms with Crippen LogP contribution in [0.15, 0.2) is 48.5 Å². The first-order chi connectivity index (χ1) is 14.7. The molecule has 1 aromatic heterocycles. The lowest BCUT2D eigenvalue weighted by atomic mass is 9.87. The fourth-order valence-electron chi connectivity index (χ4n) is 3.86. The highest BCUT2D eigenvalue weighted by atomic mass is 16.2. The van der Waals surface area contributed by atoms with Crippen molar-refractivity contribution in [3.05, 3.63) is 59.9 Å². The smallest absolute Gasteiger partial charge is 0.246 e. The van der Waals surface area contributed by atoms with E-state index in [1.165, 1.54) is 5.56 Å². The van der Waals surface area contributed by atoms with Gasteiger partial charge in [0.1, 0.15) is 11.9 Å². The Morgan fingerprint density at radius 1 is 1.13 bits per heavy atom. The zero-order valence-corrected chi connectivity index (χ0v) is 18.5. The van der Waals surface area contributed by atoms with Crippen molar-refractivity contribution in [2.24, 2.45) is 5.92 Å². The number of nitrogens with zero attached hydrogens (tertiary/aromatic N) is 1. The molecule has 162 valence electrons. The molecule has 1 aliphatic carbocycles. The van der Waals surface area contributed by atoms with Gasteiger partial charge in [0.05, 0.1) is 11.0 Å². The molecule has 0 saturated heterocycles. The molecule has 3 aromatic rings. The number of anilines is 1. The van der Waals surface area contributed by atoms with Crippen LogP contribution in [0.4, 0.5) is 5.69 Å². The SMILES string of the molecule is C[C@H](NC(=O)C[C@@H]1C[C@@H]1c1nc2ccccc2[nH]1)C(=O)Nc1ccc(C(C)(C)C)cc1. The molecule has 3 atom stereocenters. The van der Waals surface area contributed by atoms with E-state index in [9.17, 15) is 9.59 Å². The average molecular weight is 419 g/mol. The van der Waals surface area contributed by atoms with Crippen molar-refractivity contribution in [2.45, 2.75) is 57.9 Å². The second-order valence-electron chi connectivity index (χ2n) is 9.55. The number of carbonyl (C=O) groups is 2. The minimum absolute atomic E-state index is 0.0623. The van der Waals surface area contributed by atoms with Crippen LogP contribution in [0.1, 0.15) is 57.8 Å². The summed E-state index contributed by atoms with van der Waals surface area (Å²) in [4.78, 5) is 32.9. The molecule has 1 saturated carbocycles. The van der Waals surface area contributed by atoms with E-state index in [0.717, 1.165) is 29.0 Å². The Morgan fingerprint density at radius 3 is 2.52 bits per heavy atom. The molecule has 1 aliphatic rings. The van der Waals surface area contributed by atoms with Gasteiger partial charge in [-0.25, -0.2) is 4.98 Å². The van der Waals surface area contributed by atoms with Gasteiger partial charge in [0.15, 0.2) is 0 Å². The molecule has 31 heavy (non-hydrogen) atoms. The summed E-state index contributed by atoms with van der Waals surface area (Å²) in [5, 5.41) is 5.70. The normalized spacial score (nSPS) is 19.1. The first kappa shape index (κ1) is 21.1. The van der Waals surface area contributed by atoms with Gasteiger partial charge < -0.3 is 15.6 Å². The number of fused-ring (bicyclic) bond motifs is 1. The summed E-state index contributed by atoms with van der Waals surface area (Å²) in [6.07, 6.45) is 1.34. The summed E-state index contributed by atoms with van der Waals surface area (Å²) in [6.45, 7) is 8.16. The van der Waals surface area contributed by atoms with Crippen molar-refractivity contribution in [1.29, 1.82) is 0 Å². The number of para-hydroxylation sites is 2. The van der Waals surface area contributed by atoms with Crippen LogP contribution in [0.5, 0.6) is 0 Å². The van der Waals surface area contributed by atoms with Gasteiger partial charge in [-0.15, -0.1) is 0 Å². The highest BCUT2D eigenvalue weighted by Crippen LogP contribution is 2.48. The van der Waals surface area contributed by atoms with E-state index < -0.39 is 6.04 Å². The third-order valence-corrected chi connectivity index (χ3v) is 5.92. The molecule has 0 spiro atoms. The van der Waals surface area contributed by atoms with E-state index in [4.69, 9.17) is 0 Å². The molecule has 1 heterocycles. The van der Waals surface area contributed by atoms with Crippen LogP contribution in [0.25, 0.3) is 11.0 Å². The Bertz CT molecular complexity index is 1060. The number of H-pyrrole nitrogens is 1. The number of carbonyl (C=O) groups excluding carboxylic acids is 2. The molecule has 2 aromatic carbocycles. The Hall–Kier alpha value is -3.15. The summed E-state index contributed by atoms with van der Waals surface area (Å²) in [6, 6.07) is 15.2.